The van der Waals surface area contributed by atoms with Crippen LogP contribution >= 0.6 is 27.3 Å². The van der Waals surface area contributed by atoms with Crippen molar-refractivity contribution in [3.05, 3.63) is 49.6 Å². The van der Waals surface area contributed by atoms with Crippen molar-refractivity contribution >= 4 is 27.3 Å². The third kappa shape index (κ3) is 2.63. The summed E-state index contributed by atoms with van der Waals surface area (Å²) in [6, 6.07) is 4.42. The maximum atomic E-state index is 13.8. The molecule has 18 heavy (non-hydrogen) atoms. The Morgan fingerprint density at radius 2 is 2.22 bits per heavy atom. The highest BCUT2D eigenvalue weighted by Crippen LogP contribution is 2.29. The molecule has 0 bridgehead atoms. The second kappa shape index (κ2) is 5.47. The summed E-state index contributed by atoms with van der Waals surface area (Å²) in [5.41, 5.74) is 7.62. The van der Waals surface area contributed by atoms with Gasteiger partial charge in [0, 0.05) is 14.9 Å². The van der Waals surface area contributed by atoms with Crippen molar-refractivity contribution in [1.29, 1.82) is 0 Å². The van der Waals surface area contributed by atoms with E-state index in [9.17, 15) is 4.39 Å². The van der Waals surface area contributed by atoms with Crippen molar-refractivity contribution < 1.29 is 4.39 Å². The van der Waals surface area contributed by atoms with Gasteiger partial charge in [-0.3, -0.25) is 0 Å². The van der Waals surface area contributed by atoms with E-state index >= 15 is 0 Å². The van der Waals surface area contributed by atoms with E-state index in [4.69, 9.17) is 5.73 Å². The van der Waals surface area contributed by atoms with Crippen LogP contribution < -0.4 is 5.73 Å². The highest BCUT2D eigenvalue weighted by atomic mass is 79.9. The molecule has 0 aliphatic carbocycles. The minimum Gasteiger partial charge on any atom is -0.318 e. The molecule has 0 spiro atoms. The fraction of sp³-hybridized carbons (Fsp3) is 0.308. The Hall–Kier alpha value is -0.780. The zero-order valence-electron chi connectivity index (χ0n) is 10.2. The predicted molar refractivity (Wildman–Crippen MR) is 76.4 cm³/mol. The van der Waals surface area contributed by atoms with Crippen molar-refractivity contribution in [2.45, 2.75) is 26.3 Å². The predicted octanol–water partition coefficient (Wildman–Crippen LogP) is 3.96. The summed E-state index contributed by atoms with van der Waals surface area (Å²) < 4.78 is 14.6. The van der Waals surface area contributed by atoms with Crippen molar-refractivity contribution in [2.75, 3.05) is 0 Å². The summed E-state index contributed by atoms with van der Waals surface area (Å²) in [6.07, 6.45) is 0.873. The molecular weight excluding hydrogens is 315 g/mol. The van der Waals surface area contributed by atoms with Crippen LogP contribution in [0.5, 0.6) is 0 Å². The average Bonchev–Trinajstić information content (AvgIpc) is 2.70. The molecule has 0 aliphatic heterocycles. The first-order valence-electron chi connectivity index (χ1n) is 5.69. The van der Waals surface area contributed by atoms with Gasteiger partial charge in [0.25, 0.3) is 0 Å². The van der Waals surface area contributed by atoms with Gasteiger partial charge in [0.1, 0.15) is 10.8 Å². The Morgan fingerprint density at radius 3 is 2.78 bits per heavy atom. The number of hydrogen-bond donors (Lipinski definition) is 1. The first-order chi connectivity index (χ1) is 8.52. The van der Waals surface area contributed by atoms with Gasteiger partial charge in [-0.05, 0) is 25.5 Å². The number of aryl methyl sites for hydroxylation is 2. The molecule has 1 aromatic heterocycles. The molecule has 2 aromatic rings. The summed E-state index contributed by atoms with van der Waals surface area (Å²) in [7, 11) is 0. The van der Waals surface area contributed by atoms with Crippen molar-refractivity contribution in [3.63, 3.8) is 0 Å². The lowest BCUT2D eigenvalue weighted by Gasteiger charge is -2.10. The number of halogens is 2. The van der Waals surface area contributed by atoms with Crippen LogP contribution in [-0.4, -0.2) is 4.98 Å². The minimum atomic E-state index is -0.498. The van der Waals surface area contributed by atoms with E-state index in [2.05, 4.69) is 27.8 Å². The van der Waals surface area contributed by atoms with Crippen LogP contribution in [0.25, 0.3) is 0 Å². The smallest absolute Gasteiger partial charge is 0.129 e. The largest absolute Gasteiger partial charge is 0.318 e. The maximum Gasteiger partial charge on any atom is 0.129 e. The fourth-order valence-electron chi connectivity index (χ4n) is 1.80. The summed E-state index contributed by atoms with van der Waals surface area (Å²) in [6.45, 7) is 4.07. The van der Waals surface area contributed by atoms with E-state index in [1.165, 1.54) is 6.07 Å². The molecule has 0 amide bonds. The lowest BCUT2D eigenvalue weighted by molar-refractivity contribution is 0.598. The number of nitrogens with zero attached hydrogens (tertiary/aromatic N) is 1. The molecule has 0 saturated carbocycles. The number of rotatable bonds is 3. The van der Waals surface area contributed by atoms with E-state index < -0.39 is 6.04 Å². The van der Waals surface area contributed by atoms with Gasteiger partial charge in [-0.25, -0.2) is 9.37 Å². The van der Waals surface area contributed by atoms with Gasteiger partial charge >= 0.3 is 0 Å². The van der Waals surface area contributed by atoms with Gasteiger partial charge in [0.2, 0.25) is 0 Å². The molecule has 2 nitrogen and oxygen atoms in total. The Morgan fingerprint density at radius 1 is 1.50 bits per heavy atom. The topological polar surface area (TPSA) is 38.9 Å². The van der Waals surface area contributed by atoms with Crippen LogP contribution in [0.4, 0.5) is 4.39 Å². The first kappa shape index (κ1) is 13.6. The van der Waals surface area contributed by atoms with Gasteiger partial charge < -0.3 is 5.73 Å². The summed E-state index contributed by atoms with van der Waals surface area (Å²) in [4.78, 5) is 5.64. The number of hydrogen-bond acceptors (Lipinski definition) is 3. The third-order valence-electron chi connectivity index (χ3n) is 2.81. The molecule has 0 aliphatic rings. The first-order valence-corrected chi connectivity index (χ1v) is 7.30. The zero-order chi connectivity index (χ0) is 13.3. The number of nitrogens with two attached hydrogens (primary N) is 1. The van der Waals surface area contributed by atoms with E-state index in [0.717, 1.165) is 22.0 Å². The van der Waals surface area contributed by atoms with Crippen LogP contribution in [0.15, 0.2) is 22.7 Å². The molecule has 2 rings (SSSR count). The van der Waals surface area contributed by atoms with E-state index in [1.807, 2.05) is 6.92 Å². The molecular formula is C13H14BrFN2S. The third-order valence-corrected chi connectivity index (χ3v) is 4.40. The second-order valence-electron chi connectivity index (χ2n) is 4.05. The van der Waals surface area contributed by atoms with Gasteiger partial charge in [-0.1, -0.05) is 28.9 Å². The van der Waals surface area contributed by atoms with E-state index in [1.54, 1.807) is 23.5 Å². The monoisotopic (exact) mass is 328 g/mol. The van der Waals surface area contributed by atoms with Gasteiger partial charge in [0.15, 0.2) is 0 Å². The van der Waals surface area contributed by atoms with Crippen LogP contribution in [0.2, 0.25) is 0 Å². The molecule has 1 aromatic carbocycles. The molecule has 96 valence electrons. The SMILES string of the molecule is CCc1nc(C(N)c2ccc(Br)cc2F)sc1C. The van der Waals surface area contributed by atoms with Crippen LogP contribution in [0.3, 0.4) is 0 Å². The standard InChI is InChI=1S/C13H14BrFN2S/c1-3-11-7(2)18-13(17-11)12(16)9-5-4-8(14)6-10(9)15/h4-6,12H,3,16H2,1-2H3. The van der Waals surface area contributed by atoms with Crippen LogP contribution in [0, 0.1) is 12.7 Å². The van der Waals surface area contributed by atoms with Gasteiger partial charge in [-0.2, -0.15) is 0 Å². The Kier molecular flexibility index (Phi) is 4.14. The number of benzene rings is 1. The maximum absolute atomic E-state index is 13.8. The Labute approximate surface area is 118 Å². The highest BCUT2D eigenvalue weighted by Gasteiger charge is 2.18. The van der Waals surface area contributed by atoms with E-state index in [0.29, 0.717) is 10.0 Å². The lowest BCUT2D eigenvalue weighted by Crippen LogP contribution is -2.13. The van der Waals surface area contributed by atoms with Crippen molar-refractivity contribution in [2.24, 2.45) is 5.73 Å². The molecule has 0 fully saturated rings. The molecule has 1 heterocycles. The molecule has 2 N–H and O–H groups in total. The molecule has 0 radical (unpaired) electrons. The quantitative estimate of drug-likeness (QED) is 0.926. The van der Waals surface area contributed by atoms with Crippen LogP contribution in [0.1, 0.15) is 34.1 Å². The highest BCUT2D eigenvalue weighted by molar-refractivity contribution is 9.10. The number of aromatic nitrogens is 1. The average molecular weight is 329 g/mol. The normalized spacial score (nSPS) is 12.7. The zero-order valence-corrected chi connectivity index (χ0v) is 12.6. The van der Waals surface area contributed by atoms with E-state index in [-0.39, 0.29) is 5.82 Å². The lowest BCUT2D eigenvalue weighted by atomic mass is 10.1. The van der Waals surface area contributed by atoms with Crippen molar-refractivity contribution in [1.82, 2.24) is 4.98 Å². The molecule has 1 atom stereocenters. The van der Waals surface area contributed by atoms with Crippen LogP contribution in [-0.2, 0) is 6.42 Å². The molecule has 5 heteroatoms. The summed E-state index contributed by atoms with van der Waals surface area (Å²) in [5, 5.41) is 0.769. The van der Waals surface area contributed by atoms with Crippen molar-refractivity contribution in [3.8, 4) is 0 Å². The fourth-order valence-corrected chi connectivity index (χ4v) is 3.16. The second-order valence-corrected chi connectivity index (χ2v) is 6.20. The summed E-state index contributed by atoms with van der Waals surface area (Å²) in [5.74, 6) is -0.303. The minimum absolute atomic E-state index is 0.303. The summed E-state index contributed by atoms with van der Waals surface area (Å²) >= 11 is 4.78. The van der Waals surface area contributed by atoms with Gasteiger partial charge in [0.05, 0.1) is 11.7 Å². The van der Waals surface area contributed by atoms with Gasteiger partial charge in [-0.15, -0.1) is 11.3 Å². The number of thiazole rings is 1. The Balaban J connectivity index is 2.37. The Bertz CT molecular complexity index is 568. The molecule has 1 unspecified atom stereocenters. The molecule has 0 saturated heterocycles.